The molecule has 2 nitrogen and oxygen atoms in total. The van der Waals surface area contributed by atoms with E-state index < -0.39 is 18.3 Å². The lowest BCUT2D eigenvalue weighted by Gasteiger charge is -2.32. The fraction of sp³-hybridized carbons (Fsp3) is 0.571. The Balaban J connectivity index is 2.36. The molecule has 1 aliphatic rings. The SMILES string of the molecule is Cc1cc(B2OC(C)(C)C(C)(C)O2)cc(F)c1C. The second-order valence-corrected chi connectivity index (χ2v) is 6.03. The van der Waals surface area contributed by atoms with Crippen LogP contribution in [0.2, 0.25) is 0 Å². The van der Waals surface area contributed by atoms with E-state index in [2.05, 4.69) is 0 Å². The van der Waals surface area contributed by atoms with Crippen molar-refractivity contribution >= 4 is 12.6 Å². The summed E-state index contributed by atoms with van der Waals surface area (Å²) >= 11 is 0. The minimum absolute atomic E-state index is 0.209. The first-order valence-electron chi connectivity index (χ1n) is 6.26. The van der Waals surface area contributed by atoms with Crippen molar-refractivity contribution in [2.75, 3.05) is 0 Å². The van der Waals surface area contributed by atoms with Crippen LogP contribution in [0.4, 0.5) is 4.39 Å². The van der Waals surface area contributed by atoms with Crippen molar-refractivity contribution in [3.05, 3.63) is 29.1 Å². The summed E-state index contributed by atoms with van der Waals surface area (Å²) in [6.07, 6.45) is 0. The van der Waals surface area contributed by atoms with E-state index in [0.29, 0.717) is 5.56 Å². The molecule has 1 aromatic rings. The molecule has 2 rings (SSSR count). The second kappa shape index (κ2) is 4.07. The molecule has 0 N–H and O–H groups in total. The maximum Gasteiger partial charge on any atom is 0.494 e. The van der Waals surface area contributed by atoms with Crippen molar-refractivity contribution < 1.29 is 13.7 Å². The fourth-order valence-electron chi connectivity index (χ4n) is 1.96. The summed E-state index contributed by atoms with van der Waals surface area (Å²) in [5, 5.41) is 0. The number of benzene rings is 1. The predicted molar refractivity (Wildman–Crippen MR) is 71.6 cm³/mol. The van der Waals surface area contributed by atoms with Gasteiger partial charge in [-0.15, -0.1) is 0 Å². The van der Waals surface area contributed by atoms with Crippen LogP contribution in [-0.2, 0) is 9.31 Å². The number of aryl methyl sites for hydroxylation is 1. The molecule has 1 saturated heterocycles. The van der Waals surface area contributed by atoms with Gasteiger partial charge in [0.1, 0.15) is 5.82 Å². The fourth-order valence-corrected chi connectivity index (χ4v) is 1.96. The van der Waals surface area contributed by atoms with Gasteiger partial charge in [0.2, 0.25) is 0 Å². The minimum Gasteiger partial charge on any atom is -0.399 e. The number of halogens is 1. The average Bonchev–Trinajstić information content (AvgIpc) is 2.44. The first-order chi connectivity index (χ1) is 8.14. The molecule has 98 valence electrons. The normalized spacial score (nSPS) is 21.4. The summed E-state index contributed by atoms with van der Waals surface area (Å²) in [6.45, 7) is 11.6. The van der Waals surface area contributed by atoms with Crippen LogP contribution in [0, 0.1) is 19.7 Å². The highest BCUT2D eigenvalue weighted by atomic mass is 19.1. The van der Waals surface area contributed by atoms with Crippen molar-refractivity contribution in [1.82, 2.24) is 0 Å². The summed E-state index contributed by atoms with van der Waals surface area (Å²) in [7, 11) is -0.496. The van der Waals surface area contributed by atoms with E-state index in [4.69, 9.17) is 9.31 Å². The standard InChI is InChI=1S/C14H20BFO2/c1-9-7-11(8-12(16)10(9)2)15-17-13(3,4)14(5,6)18-15/h7-8H,1-6H3. The maximum absolute atomic E-state index is 13.8. The summed E-state index contributed by atoms with van der Waals surface area (Å²) in [5.41, 5.74) is 1.55. The van der Waals surface area contributed by atoms with E-state index in [1.165, 1.54) is 6.07 Å². The van der Waals surface area contributed by atoms with Gasteiger partial charge in [0.25, 0.3) is 0 Å². The smallest absolute Gasteiger partial charge is 0.399 e. The van der Waals surface area contributed by atoms with Crippen LogP contribution in [0.15, 0.2) is 12.1 Å². The lowest BCUT2D eigenvalue weighted by molar-refractivity contribution is 0.00578. The van der Waals surface area contributed by atoms with Crippen molar-refractivity contribution in [1.29, 1.82) is 0 Å². The first kappa shape index (κ1) is 13.6. The van der Waals surface area contributed by atoms with Gasteiger partial charge in [0.05, 0.1) is 11.2 Å². The number of rotatable bonds is 1. The molecular weight excluding hydrogens is 230 g/mol. The van der Waals surface area contributed by atoms with Gasteiger partial charge in [0, 0.05) is 0 Å². The molecule has 1 aliphatic heterocycles. The predicted octanol–water partition coefficient (Wildman–Crippen LogP) is 2.74. The van der Waals surface area contributed by atoms with Crippen molar-refractivity contribution in [2.24, 2.45) is 0 Å². The summed E-state index contributed by atoms with van der Waals surface area (Å²) in [5.74, 6) is -0.209. The lowest BCUT2D eigenvalue weighted by Crippen LogP contribution is -2.41. The van der Waals surface area contributed by atoms with Crippen molar-refractivity contribution in [3.63, 3.8) is 0 Å². The lowest BCUT2D eigenvalue weighted by atomic mass is 9.78. The van der Waals surface area contributed by atoms with Gasteiger partial charge in [0.15, 0.2) is 0 Å². The molecule has 0 saturated carbocycles. The van der Waals surface area contributed by atoms with E-state index in [0.717, 1.165) is 11.0 Å². The van der Waals surface area contributed by atoms with Crippen LogP contribution in [-0.4, -0.2) is 18.3 Å². The highest BCUT2D eigenvalue weighted by Crippen LogP contribution is 2.36. The molecule has 0 amide bonds. The number of hydrogen-bond donors (Lipinski definition) is 0. The molecular formula is C14H20BFO2. The monoisotopic (exact) mass is 250 g/mol. The molecule has 18 heavy (non-hydrogen) atoms. The molecule has 0 aliphatic carbocycles. The second-order valence-electron chi connectivity index (χ2n) is 6.03. The van der Waals surface area contributed by atoms with Crippen LogP contribution >= 0.6 is 0 Å². The van der Waals surface area contributed by atoms with Crippen LogP contribution in [0.25, 0.3) is 0 Å². The molecule has 0 radical (unpaired) electrons. The summed E-state index contributed by atoms with van der Waals surface area (Å²) in [4.78, 5) is 0. The van der Waals surface area contributed by atoms with Crippen LogP contribution in [0.5, 0.6) is 0 Å². The van der Waals surface area contributed by atoms with Gasteiger partial charge >= 0.3 is 7.12 Å². The number of hydrogen-bond acceptors (Lipinski definition) is 2. The Hall–Kier alpha value is -0.865. The Morgan fingerprint density at radius 2 is 1.50 bits per heavy atom. The van der Waals surface area contributed by atoms with Crippen LogP contribution < -0.4 is 5.46 Å². The van der Waals surface area contributed by atoms with E-state index in [9.17, 15) is 4.39 Å². The summed E-state index contributed by atoms with van der Waals surface area (Å²) in [6, 6.07) is 3.44. The zero-order valence-electron chi connectivity index (χ0n) is 11.9. The van der Waals surface area contributed by atoms with E-state index >= 15 is 0 Å². The topological polar surface area (TPSA) is 18.5 Å². The quantitative estimate of drug-likeness (QED) is 0.713. The Morgan fingerprint density at radius 3 is 1.94 bits per heavy atom. The van der Waals surface area contributed by atoms with Gasteiger partial charge in [-0.1, -0.05) is 6.07 Å². The molecule has 0 spiro atoms. The maximum atomic E-state index is 13.8. The third-order valence-corrected chi connectivity index (χ3v) is 4.15. The van der Waals surface area contributed by atoms with Crippen LogP contribution in [0.3, 0.4) is 0 Å². The van der Waals surface area contributed by atoms with Gasteiger partial charge < -0.3 is 9.31 Å². The molecule has 1 aromatic carbocycles. The van der Waals surface area contributed by atoms with Crippen molar-refractivity contribution in [3.8, 4) is 0 Å². The Kier molecular flexibility index (Phi) is 3.07. The third-order valence-electron chi connectivity index (χ3n) is 4.15. The summed E-state index contributed by atoms with van der Waals surface area (Å²) < 4.78 is 25.6. The highest BCUT2D eigenvalue weighted by molar-refractivity contribution is 6.62. The molecule has 0 unspecified atom stereocenters. The molecule has 0 bridgehead atoms. The molecule has 0 aromatic heterocycles. The van der Waals surface area contributed by atoms with Gasteiger partial charge in [-0.2, -0.15) is 0 Å². The largest absolute Gasteiger partial charge is 0.494 e. The zero-order valence-corrected chi connectivity index (χ0v) is 11.9. The third kappa shape index (κ3) is 2.08. The van der Waals surface area contributed by atoms with Gasteiger partial charge in [-0.05, 0) is 64.2 Å². The van der Waals surface area contributed by atoms with E-state index in [-0.39, 0.29) is 5.82 Å². The molecule has 1 heterocycles. The van der Waals surface area contributed by atoms with Gasteiger partial charge in [-0.25, -0.2) is 4.39 Å². The van der Waals surface area contributed by atoms with Crippen LogP contribution in [0.1, 0.15) is 38.8 Å². The highest BCUT2D eigenvalue weighted by Gasteiger charge is 2.51. The molecule has 0 atom stereocenters. The Morgan fingerprint density at radius 1 is 1.00 bits per heavy atom. The first-order valence-corrected chi connectivity index (χ1v) is 6.26. The zero-order chi connectivity index (χ0) is 13.7. The molecule has 4 heteroatoms. The Labute approximate surface area is 109 Å². The average molecular weight is 250 g/mol. The minimum atomic E-state index is -0.496. The van der Waals surface area contributed by atoms with Gasteiger partial charge in [-0.3, -0.25) is 0 Å². The molecule has 1 fully saturated rings. The van der Waals surface area contributed by atoms with E-state index in [1.807, 2.05) is 40.7 Å². The Bertz CT molecular complexity index is 444. The van der Waals surface area contributed by atoms with Crippen molar-refractivity contribution in [2.45, 2.75) is 52.7 Å². The van der Waals surface area contributed by atoms with E-state index in [1.54, 1.807) is 6.92 Å².